The third kappa shape index (κ3) is 4.77. The molecule has 2 amide bonds. The van der Waals surface area contributed by atoms with Gasteiger partial charge in [0.1, 0.15) is 9.84 Å². The summed E-state index contributed by atoms with van der Waals surface area (Å²) in [5, 5.41) is 0. The van der Waals surface area contributed by atoms with Crippen molar-refractivity contribution in [2.75, 3.05) is 32.5 Å². The summed E-state index contributed by atoms with van der Waals surface area (Å²) in [5.41, 5.74) is 6.74. The van der Waals surface area contributed by atoms with Crippen molar-refractivity contribution in [2.24, 2.45) is 5.73 Å². The molecule has 0 bridgehead atoms. The van der Waals surface area contributed by atoms with Gasteiger partial charge in [-0.25, -0.2) is 8.42 Å². The lowest BCUT2D eigenvalue weighted by atomic mass is 10.0. The highest BCUT2D eigenvalue weighted by Gasteiger charge is 2.43. The zero-order valence-corrected chi connectivity index (χ0v) is 19.0. The van der Waals surface area contributed by atoms with E-state index < -0.39 is 33.4 Å². The van der Waals surface area contributed by atoms with Crippen LogP contribution in [0, 0.1) is 0 Å². The van der Waals surface area contributed by atoms with E-state index in [9.17, 15) is 18.0 Å². The molecule has 0 saturated carbocycles. The Bertz CT molecular complexity index is 1130. The fourth-order valence-electron chi connectivity index (χ4n) is 3.72. The van der Waals surface area contributed by atoms with E-state index in [4.69, 9.17) is 19.9 Å². The van der Waals surface area contributed by atoms with Crippen molar-refractivity contribution >= 4 is 21.7 Å². The van der Waals surface area contributed by atoms with Crippen molar-refractivity contribution in [1.29, 1.82) is 0 Å². The molecule has 10 heteroatoms. The largest absolute Gasteiger partial charge is 0.493 e. The molecule has 1 aliphatic heterocycles. The van der Waals surface area contributed by atoms with E-state index >= 15 is 0 Å². The molecule has 172 valence electrons. The molecule has 2 N–H and O–H groups in total. The molecular weight excluding hydrogens is 436 g/mol. The lowest BCUT2D eigenvalue weighted by molar-refractivity contribution is 0.0595. The fourth-order valence-corrected chi connectivity index (χ4v) is 4.64. The first-order valence-electron chi connectivity index (χ1n) is 9.97. The second-order valence-electron chi connectivity index (χ2n) is 7.29. The van der Waals surface area contributed by atoms with Gasteiger partial charge in [-0.1, -0.05) is 18.2 Å². The average Bonchev–Trinajstić information content (AvgIpc) is 3.01. The third-order valence-corrected chi connectivity index (χ3v) is 5.97. The summed E-state index contributed by atoms with van der Waals surface area (Å²) in [6, 6.07) is 8.65. The van der Waals surface area contributed by atoms with E-state index in [0.717, 1.165) is 11.2 Å². The Morgan fingerprint density at radius 1 is 1.09 bits per heavy atom. The number of amides is 2. The number of sulfone groups is 1. The Balaban J connectivity index is 2.10. The monoisotopic (exact) mass is 462 g/mol. The maximum absolute atomic E-state index is 13.4. The second-order valence-corrected chi connectivity index (χ2v) is 9.47. The van der Waals surface area contributed by atoms with E-state index in [1.807, 2.05) is 0 Å². The molecule has 32 heavy (non-hydrogen) atoms. The molecule has 1 atom stereocenters. The minimum absolute atomic E-state index is 0.0434. The van der Waals surface area contributed by atoms with Crippen molar-refractivity contribution in [3.05, 3.63) is 58.7 Å². The highest BCUT2D eigenvalue weighted by atomic mass is 32.2. The minimum atomic E-state index is -3.57. The zero-order chi connectivity index (χ0) is 23.5. The van der Waals surface area contributed by atoms with Crippen LogP contribution in [0.5, 0.6) is 11.5 Å². The van der Waals surface area contributed by atoms with Crippen LogP contribution in [0.3, 0.4) is 0 Å². The third-order valence-electron chi connectivity index (χ3n) is 5.05. The predicted molar refractivity (Wildman–Crippen MR) is 117 cm³/mol. The lowest BCUT2D eigenvalue weighted by Crippen LogP contribution is -2.37. The molecule has 2 aromatic carbocycles. The number of nitrogens with two attached hydrogens (primary N) is 1. The number of fused-ring (bicyclic) bond motifs is 1. The number of carbonyl (C=O) groups is 2. The summed E-state index contributed by atoms with van der Waals surface area (Å²) in [7, 11) is -2.08. The van der Waals surface area contributed by atoms with Gasteiger partial charge in [0.15, 0.2) is 11.5 Å². The number of benzene rings is 2. The van der Waals surface area contributed by atoms with Gasteiger partial charge >= 0.3 is 0 Å². The van der Waals surface area contributed by atoms with E-state index in [0.29, 0.717) is 29.2 Å². The summed E-state index contributed by atoms with van der Waals surface area (Å²) in [4.78, 5) is 27.6. The van der Waals surface area contributed by atoms with Crippen LogP contribution < -0.4 is 15.2 Å². The SMILES string of the molecule is CCOc1cc(C(CS(C)(=O)=O)N2C(=O)c3cccc(COCN)c3C2=O)ccc1OC. The van der Waals surface area contributed by atoms with Crippen LogP contribution in [0.4, 0.5) is 0 Å². The maximum Gasteiger partial charge on any atom is 0.262 e. The van der Waals surface area contributed by atoms with E-state index in [2.05, 4.69) is 0 Å². The second kappa shape index (κ2) is 9.68. The molecular formula is C22H26N2O7S. The van der Waals surface area contributed by atoms with Crippen LogP contribution >= 0.6 is 0 Å². The number of rotatable bonds is 10. The van der Waals surface area contributed by atoms with Gasteiger partial charge in [-0.05, 0) is 36.2 Å². The number of nitrogens with zero attached hydrogens (tertiary/aromatic N) is 1. The van der Waals surface area contributed by atoms with Gasteiger partial charge in [0.25, 0.3) is 11.8 Å². The standard InChI is InChI=1S/C22H26N2O7S/c1-4-31-19-10-14(8-9-18(19)29-2)17(12-32(3,27)28)24-21(25)16-7-5-6-15(11-30-13-23)20(16)22(24)26/h5-10,17H,4,11-13,23H2,1-3H3. The smallest absolute Gasteiger partial charge is 0.262 e. The van der Waals surface area contributed by atoms with E-state index in [1.54, 1.807) is 43.3 Å². The van der Waals surface area contributed by atoms with Gasteiger partial charge in [-0.15, -0.1) is 0 Å². The van der Waals surface area contributed by atoms with Gasteiger partial charge in [-0.2, -0.15) is 0 Å². The zero-order valence-electron chi connectivity index (χ0n) is 18.2. The number of methoxy groups -OCH3 is 1. The number of carbonyl (C=O) groups excluding carboxylic acids is 2. The molecule has 0 aliphatic carbocycles. The Morgan fingerprint density at radius 2 is 1.84 bits per heavy atom. The summed E-state index contributed by atoms with van der Waals surface area (Å²) < 4.78 is 40.6. The van der Waals surface area contributed by atoms with Crippen LogP contribution in [0.15, 0.2) is 36.4 Å². The Labute approximate surface area is 187 Å². The number of ether oxygens (including phenoxy) is 3. The summed E-state index contributed by atoms with van der Waals surface area (Å²) in [6.07, 6.45) is 1.06. The van der Waals surface area contributed by atoms with Gasteiger partial charge in [0, 0.05) is 6.26 Å². The predicted octanol–water partition coefficient (Wildman–Crippen LogP) is 1.91. The molecule has 0 fully saturated rings. The summed E-state index contributed by atoms with van der Waals surface area (Å²) in [6.45, 7) is 2.17. The molecule has 0 saturated heterocycles. The van der Waals surface area contributed by atoms with Crippen LogP contribution in [0.2, 0.25) is 0 Å². The van der Waals surface area contributed by atoms with Gasteiger partial charge < -0.3 is 19.9 Å². The lowest BCUT2D eigenvalue weighted by Gasteiger charge is -2.27. The normalized spacial score (nSPS) is 14.4. The van der Waals surface area contributed by atoms with Crippen molar-refractivity contribution in [2.45, 2.75) is 19.6 Å². The number of imide groups is 1. The maximum atomic E-state index is 13.4. The van der Waals surface area contributed by atoms with E-state index in [1.165, 1.54) is 7.11 Å². The minimum Gasteiger partial charge on any atom is -0.493 e. The first-order valence-corrected chi connectivity index (χ1v) is 12.0. The number of hydrogen-bond donors (Lipinski definition) is 1. The molecule has 2 aromatic rings. The molecule has 1 heterocycles. The molecule has 1 aliphatic rings. The quantitative estimate of drug-likeness (QED) is 0.419. The van der Waals surface area contributed by atoms with Crippen molar-refractivity contribution in [1.82, 2.24) is 4.90 Å². The highest BCUT2D eigenvalue weighted by Crippen LogP contribution is 2.37. The molecule has 3 rings (SSSR count). The average molecular weight is 463 g/mol. The topological polar surface area (TPSA) is 125 Å². The van der Waals surface area contributed by atoms with Crippen LogP contribution in [0.25, 0.3) is 0 Å². The fraction of sp³-hybridized carbons (Fsp3) is 0.364. The van der Waals surface area contributed by atoms with Crippen molar-refractivity contribution in [3.63, 3.8) is 0 Å². The van der Waals surface area contributed by atoms with Crippen LogP contribution in [0.1, 0.15) is 44.8 Å². The van der Waals surface area contributed by atoms with Crippen molar-refractivity contribution in [3.8, 4) is 11.5 Å². The molecule has 0 radical (unpaired) electrons. The van der Waals surface area contributed by atoms with Gasteiger partial charge in [0.05, 0.1) is 50.0 Å². The van der Waals surface area contributed by atoms with Gasteiger partial charge in [-0.3, -0.25) is 14.5 Å². The summed E-state index contributed by atoms with van der Waals surface area (Å²) >= 11 is 0. The Hall–Kier alpha value is -2.95. The molecule has 9 nitrogen and oxygen atoms in total. The molecule has 1 unspecified atom stereocenters. The van der Waals surface area contributed by atoms with Gasteiger partial charge in [0.2, 0.25) is 0 Å². The Morgan fingerprint density at radius 3 is 2.47 bits per heavy atom. The first-order chi connectivity index (χ1) is 15.2. The molecule has 0 spiro atoms. The van der Waals surface area contributed by atoms with Crippen LogP contribution in [-0.4, -0.2) is 57.6 Å². The van der Waals surface area contributed by atoms with Crippen LogP contribution in [-0.2, 0) is 21.2 Å². The highest BCUT2D eigenvalue weighted by molar-refractivity contribution is 7.90. The van der Waals surface area contributed by atoms with E-state index in [-0.39, 0.29) is 24.5 Å². The number of hydrogen-bond acceptors (Lipinski definition) is 8. The molecule has 0 aromatic heterocycles. The first kappa shape index (κ1) is 23.7. The summed E-state index contributed by atoms with van der Waals surface area (Å²) in [5.74, 6) is -0.743. The van der Waals surface area contributed by atoms with Crippen molar-refractivity contribution < 1.29 is 32.2 Å². The Kier molecular flexibility index (Phi) is 7.17.